The quantitative estimate of drug-likeness (QED) is 0.375. The van der Waals surface area contributed by atoms with E-state index in [1.54, 1.807) is 0 Å². The zero-order valence-corrected chi connectivity index (χ0v) is 6.18. The molecular weight excluding hydrogens is 218 g/mol. The minimum Gasteiger partial charge on any atom is -0.412 e. The summed E-state index contributed by atoms with van der Waals surface area (Å²) in [5.41, 5.74) is 0. The van der Waals surface area contributed by atoms with Crippen LogP contribution in [0.2, 0.25) is 0 Å². The Morgan fingerprint density at radius 1 is 0.571 bits per heavy atom. The molecule has 0 spiro atoms. The third-order valence-corrected chi connectivity index (χ3v) is 0. The molecule has 0 aliphatic carbocycles. The molecule has 0 aliphatic heterocycles. The second-order valence-corrected chi connectivity index (χ2v) is 0. The topological polar surface area (TPSA) is 126 Å². The Kier molecular flexibility index (Phi) is 3940. The van der Waals surface area contributed by atoms with Crippen molar-refractivity contribution in [2.75, 3.05) is 0 Å². The Morgan fingerprint density at radius 2 is 0.571 bits per heavy atom. The second kappa shape index (κ2) is 135. The van der Waals surface area contributed by atoms with Crippen LogP contribution in [0.1, 0.15) is 0 Å². The third-order valence-electron chi connectivity index (χ3n) is 0. The fraction of sp³-hybridized carbons (Fsp3) is 0. The van der Waals surface area contributed by atoms with Crippen molar-refractivity contribution in [1.29, 1.82) is 0 Å². The number of halogens is 1. The van der Waals surface area contributed by atoms with Gasteiger partial charge in [0, 0.05) is 26.2 Å². The van der Waals surface area contributed by atoms with Gasteiger partial charge in [0.15, 0.2) is 17.4 Å². The maximum atomic E-state index is 0. The minimum atomic E-state index is 0. The average Bonchev–Trinajstić information content (AvgIpc) is 0. The van der Waals surface area contributed by atoms with Gasteiger partial charge in [-0.15, -0.1) is 12.4 Å². The summed E-state index contributed by atoms with van der Waals surface area (Å²) in [5.74, 6) is 0. The van der Waals surface area contributed by atoms with Gasteiger partial charge in [0.2, 0.25) is 0 Å². The molecule has 0 fully saturated rings. The number of hydrogen-bond acceptors (Lipinski definition) is 0. The summed E-state index contributed by atoms with van der Waals surface area (Å²) in [4.78, 5) is 0. The minimum absolute atomic E-state index is 0. The zero-order valence-electron chi connectivity index (χ0n) is 2.91. The van der Waals surface area contributed by atoms with E-state index >= 15 is 0 Å². The van der Waals surface area contributed by atoms with E-state index in [4.69, 9.17) is 0 Å². The van der Waals surface area contributed by atoms with Crippen LogP contribution in [-0.2, 0) is 26.2 Å². The second-order valence-electron chi connectivity index (χ2n) is 0. The van der Waals surface area contributed by atoms with E-state index < -0.39 is 0 Å². The molecule has 0 aromatic heterocycles. The number of rotatable bonds is 0. The summed E-state index contributed by atoms with van der Waals surface area (Å²) in [6, 6.07) is 0. The van der Waals surface area contributed by atoms with Gasteiger partial charge in [-0.05, 0) is 0 Å². The molecular formula is H12AlClO4Zr. The first kappa shape index (κ1) is 204. The van der Waals surface area contributed by atoms with Gasteiger partial charge in [-0.1, -0.05) is 0 Å². The standard InChI is InChI=1S/Al.ClH.4H2O.Zr.3H/h;1H;4*1H2;;;;. The van der Waals surface area contributed by atoms with Crippen LogP contribution in [0, 0.1) is 0 Å². The van der Waals surface area contributed by atoms with Crippen molar-refractivity contribution in [2.45, 2.75) is 0 Å². The zero-order chi connectivity index (χ0) is 0. The van der Waals surface area contributed by atoms with Crippen molar-refractivity contribution in [3.8, 4) is 0 Å². The van der Waals surface area contributed by atoms with Crippen molar-refractivity contribution in [3.63, 3.8) is 0 Å². The molecule has 50 valence electrons. The van der Waals surface area contributed by atoms with Crippen LogP contribution in [0.3, 0.4) is 0 Å². The molecule has 0 saturated heterocycles. The van der Waals surface area contributed by atoms with Crippen molar-refractivity contribution < 1.29 is 48.1 Å². The van der Waals surface area contributed by atoms with Gasteiger partial charge in [0.25, 0.3) is 0 Å². The Hall–Kier alpha value is 1.55. The Labute approximate surface area is 77.6 Å². The Bertz CT molecular complexity index is 11.7. The van der Waals surface area contributed by atoms with Gasteiger partial charge < -0.3 is 21.9 Å². The molecule has 0 aromatic rings. The number of hydrogen-bond donors (Lipinski definition) is 0. The summed E-state index contributed by atoms with van der Waals surface area (Å²) in [6.45, 7) is 0. The molecule has 0 heterocycles. The average molecular weight is 230 g/mol. The predicted octanol–water partition coefficient (Wildman–Crippen LogP) is -4.06. The smallest absolute Gasteiger partial charge is 0.187 e. The Balaban J connectivity index is 0. The summed E-state index contributed by atoms with van der Waals surface area (Å²) < 4.78 is 0. The van der Waals surface area contributed by atoms with E-state index in [0.29, 0.717) is 0 Å². The first-order chi connectivity index (χ1) is 0. The molecule has 0 saturated carbocycles. The van der Waals surface area contributed by atoms with Crippen molar-refractivity contribution >= 4 is 29.8 Å². The molecule has 4 nitrogen and oxygen atoms in total. The van der Waals surface area contributed by atoms with Gasteiger partial charge in [0.05, 0.1) is 0 Å². The molecule has 0 rings (SSSR count). The van der Waals surface area contributed by atoms with E-state index in [-0.39, 0.29) is 77.9 Å². The molecule has 0 aromatic carbocycles. The van der Waals surface area contributed by atoms with E-state index in [1.165, 1.54) is 0 Å². The molecule has 7 heavy (non-hydrogen) atoms. The van der Waals surface area contributed by atoms with E-state index in [0.717, 1.165) is 0 Å². The molecule has 7 heteroatoms. The van der Waals surface area contributed by atoms with Crippen LogP contribution in [0.4, 0.5) is 0 Å². The van der Waals surface area contributed by atoms with Crippen molar-refractivity contribution in [2.24, 2.45) is 0 Å². The fourth-order valence-electron chi connectivity index (χ4n) is 0. The van der Waals surface area contributed by atoms with E-state index in [2.05, 4.69) is 0 Å². The maximum Gasteiger partial charge on any atom is 0.187 e. The normalized spacial score (nSPS) is 0. The Morgan fingerprint density at radius 3 is 0.571 bits per heavy atom. The van der Waals surface area contributed by atoms with E-state index in [9.17, 15) is 0 Å². The monoisotopic (exact) mass is 228 g/mol. The SMILES string of the molecule is Cl.O.O.O.O.[AlH3].[Zr]. The first-order valence-corrected chi connectivity index (χ1v) is 0. The fourth-order valence-corrected chi connectivity index (χ4v) is 0. The summed E-state index contributed by atoms with van der Waals surface area (Å²) in [6.07, 6.45) is 0. The third kappa shape index (κ3) is 97.1. The van der Waals surface area contributed by atoms with Crippen molar-refractivity contribution in [1.82, 2.24) is 0 Å². The van der Waals surface area contributed by atoms with Gasteiger partial charge in [-0.3, -0.25) is 0 Å². The van der Waals surface area contributed by atoms with Crippen LogP contribution in [0.15, 0.2) is 0 Å². The maximum absolute atomic E-state index is 0. The molecule has 0 aliphatic rings. The van der Waals surface area contributed by atoms with E-state index in [1.807, 2.05) is 0 Å². The largest absolute Gasteiger partial charge is 0.412 e. The summed E-state index contributed by atoms with van der Waals surface area (Å²) >= 11 is 0. The molecule has 0 radical (unpaired) electrons. The summed E-state index contributed by atoms with van der Waals surface area (Å²) in [7, 11) is 0. The van der Waals surface area contributed by atoms with Crippen molar-refractivity contribution in [3.05, 3.63) is 0 Å². The van der Waals surface area contributed by atoms with Gasteiger partial charge >= 0.3 is 0 Å². The molecule has 0 bridgehead atoms. The van der Waals surface area contributed by atoms with Crippen LogP contribution in [0.5, 0.6) is 0 Å². The molecule has 0 unspecified atom stereocenters. The summed E-state index contributed by atoms with van der Waals surface area (Å²) in [5, 5.41) is 0. The van der Waals surface area contributed by atoms with Gasteiger partial charge in [-0.2, -0.15) is 0 Å². The van der Waals surface area contributed by atoms with Crippen LogP contribution < -0.4 is 0 Å². The molecule has 0 amide bonds. The molecule has 0 atom stereocenters. The van der Waals surface area contributed by atoms with Gasteiger partial charge in [0.1, 0.15) is 0 Å². The predicted molar refractivity (Wildman–Crippen MR) is 31.6 cm³/mol. The molecule has 8 N–H and O–H groups in total. The van der Waals surface area contributed by atoms with Crippen LogP contribution in [0.25, 0.3) is 0 Å². The first-order valence-electron chi connectivity index (χ1n) is 0. The van der Waals surface area contributed by atoms with Crippen LogP contribution >= 0.6 is 12.4 Å². The van der Waals surface area contributed by atoms with Crippen LogP contribution in [-0.4, -0.2) is 39.3 Å². The van der Waals surface area contributed by atoms with Gasteiger partial charge in [-0.25, -0.2) is 0 Å².